The highest BCUT2D eigenvalue weighted by molar-refractivity contribution is 7.68. The average molecular weight is 329 g/mol. The van der Waals surface area contributed by atoms with E-state index in [1.807, 2.05) is 18.2 Å². The first-order chi connectivity index (χ1) is 11.0. The molecule has 1 N–H and O–H groups in total. The molecule has 2 aromatic carbocycles. The van der Waals surface area contributed by atoms with Crippen molar-refractivity contribution in [1.29, 1.82) is 0 Å². The Morgan fingerprint density at radius 3 is 2.13 bits per heavy atom. The van der Waals surface area contributed by atoms with Crippen molar-refractivity contribution in [3.8, 4) is 22.6 Å². The fourth-order valence-corrected chi connectivity index (χ4v) is 5.66. The molecule has 3 rings (SSSR count). The van der Waals surface area contributed by atoms with Crippen LogP contribution in [0.15, 0.2) is 36.4 Å². The van der Waals surface area contributed by atoms with Crippen LogP contribution < -0.4 is 20.1 Å². The van der Waals surface area contributed by atoms with E-state index in [0.29, 0.717) is 0 Å². The molecule has 1 aliphatic rings. The van der Waals surface area contributed by atoms with E-state index in [-0.39, 0.29) is 13.1 Å². The predicted octanol–water partition coefficient (Wildman–Crippen LogP) is 4.66. The number of ether oxygens (including phenoxy) is 2. The highest BCUT2D eigenvalue weighted by Gasteiger charge is 2.35. The largest absolute Gasteiger partial charge is 0.496 e. The lowest BCUT2D eigenvalue weighted by molar-refractivity contribution is 0.397. The van der Waals surface area contributed by atoms with Crippen molar-refractivity contribution in [2.75, 3.05) is 25.8 Å². The normalized spacial score (nSPS) is 16.7. The minimum atomic E-state index is -0.303. The predicted molar refractivity (Wildman–Crippen MR) is 99.8 cm³/mol. The molecule has 0 saturated carbocycles. The molecule has 0 fully saturated rings. The van der Waals surface area contributed by atoms with Gasteiger partial charge in [0.1, 0.15) is 11.5 Å². The van der Waals surface area contributed by atoms with E-state index in [1.165, 1.54) is 16.6 Å². The maximum atomic E-state index is 5.63. The topological polar surface area (TPSA) is 30.5 Å². The zero-order chi connectivity index (χ0) is 16.6. The second kappa shape index (κ2) is 6.05. The third-order valence-electron chi connectivity index (χ3n) is 4.24. The third-order valence-corrected chi connectivity index (χ3v) is 7.36. The van der Waals surface area contributed by atoms with Gasteiger partial charge in [0.25, 0.3) is 0 Å². The number of benzene rings is 2. The van der Waals surface area contributed by atoms with Crippen LogP contribution in [-0.4, -0.2) is 25.7 Å². The number of anilines is 1. The summed E-state index contributed by atoms with van der Waals surface area (Å²) in [6.07, 6.45) is 1.03. The first-order valence-electron chi connectivity index (χ1n) is 7.83. The summed E-state index contributed by atoms with van der Waals surface area (Å²) in [6, 6.07) is 12.4. The molecule has 4 heteroatoms. The molecule has 0 aliphatic carbocycles. The van der Waals surface area contributed by atoms with Crippen molar-refractivity contribution in [2.45, 2.75) is 25.9 Å². The highest BCUT2D eigenvalue weighted by Crippen LogP contribution is 2.56. The Bertz CT molecular complexity index is 700. The van der Waals surface area contributed by atoms with E-state index in [4.69, 9.17) is 9.47 Å². The van der Waals surface area contributed by atoms with Crippen LogP contribution in [-0.2, 0) is 0 Å². The maximum Gasteiger partial charge on any atom is 0.130 e. The zero-order valence-corrected chi connectivity index (χ0v) is 15.3. The summed E-state index contributed by atoms with van der Waals surface area (Å²) in [5, 5.41) is 5.27. The van der Waals surface area contributed by atoms with Crippen LogP contribution in [0.1, 0.15) is 20.8 Å². The molecule has 0 bridgehead atoms. The molecular formula is C19H24NO2P. The summed E-state index contributed by atoms with van der Waals surface area (Å²) in [5.41, 5.74) is 3.52. The fraction of sp³-hybridized carbons (Fsp3) is 0.368. The van der Waals surface area contributed by atoms with E-state index < -0.39 is 0 Å². The van der Waals surface area contributed by atoms with Gasteiger partial charge in [-0.1, -0.05) is 39.0 Å². The smallest absolute Gasteiger partial charge is 0.130 e. The Balaban J connectivity index is 2.27. The lowest BCUT2D eigenvalue weighted by atomic mass is 10.0. The van der Waals surface area contributed by atoms with Gasteiger partial charge >= 0.3 is 0 Å². The summed E-state index contributed by atoms with van der Waals surface area (Å²) in [7, 11) is 3.13. The van der Waals surface area contributed by atoms with Crippen LogP contribution in [0.25, 0.3) is 11.1 Å². The number of nitrogens with one attached hydrogen (secondary N) is 1. The second-order valence-electron chi connectivity index (χ2n) is 6.67. The number of hydrogen-bond acceptors (Lipinski definition) is 3. The molecule has 0 aromatic heterocycles. The molecule has 2 aromatic rings. The lowest BCUT2D eigenvalue weighted by Crippen LogP contribution is -2.19. The Kier molecular flexibility index (Phi) is 4.25. The van der Waals surface area contributed by atoms with Crippen molar-refractivity contribution in [2.24, 2.45) is 0 Å². The Labute approximate surface area is 139 Å². The van der Waals surface area contributed by atoms with Gasteiger partial charge < -0.3 is 14.8 Å². The summed E-state index contributed by atoms with van der Waals surface area (Å²) < 4.78 is 11.3. The molecule has 0 spiro atoms. The Hall–Kier alpha value is -1.73. The summed E-state index contributed by atoms with van der Waals surface area (Å²) in [5.74, 6) is 1.71. The molecule has 1 atom stereocenters. The number of rotatable bonds is 3. The molecule has 1 aliphatic heterocycles. The average Bonchev–Trinajstić information content (AvgIpc) is 2.98. The van der Waals surface area contributed by atoms with Gasteiger partial charge in [0.05, 0.1) is 19.8 Å². The second-order valence-corrected chi connectivity index (χ2v) is 9.63. The number of fused-ring (bicyclic) bond motifs is 1. The third kappa shape index (κ3) is 2.79. The van der Waals surface area contributed by atoms with Crippen molar-refractivity contribution in [3.63, 3.8) is 0 Å². The summed E-state index contributed by atoms with van der Waals surface area (Å²) >= 11 is 0. The number of hydrogen-bond donors (Lipinski definition) is 1. The highest BCUT2D eigenvalue weighted by atomic mass is 31.1. The molecule has 3 nitrogen and oxygen atoms in total. The molecule has 0 radical (unpaired) electrons. The SMILES string of the molecule is COc1cccc(OC)c1-c1cccc2c1P(C(C)(C)C)CN2. The van der Waals surface area contributed by atoms with Crippen LogP contribution in [0, 0.1) is 0 Å². The minimum absolute atomic E-state index is 0.249. The summed E-state index contributed by atoms with van der Waals surface area (Å²) in [4.78, 5) is 0. The monoisotopic (exact) mass is 329 g/mol. The first kappa shape index (κ1) is 16.1. The van der Waals surface area contributed by atoms with E-state index in [1.54, 1.807) is 14.2 Å². The van der Waals surface area contributed by atoms with Crippen molar-refractivity contribution < 1.29 is 9.47 Å². The standard InChI is InChI=1S/C19H24NO2P/c1-19(2,3)23-12-20-14-9-6-8-13(18(14)23)17-15(21-4)10-7-11-16(17)22-5/h6-11,20H,12H2,1-5H3. The quantitative estimate of drug-likeness (QED) is 0.831. The van der Waals surface area contributed by atoms with Crippen LogP contribution in [0.3, 0.4) is 0 Å². The van der Waals surface area contributed by atoms with Crippen LogP contribution in [0.5, 0.6) is 11.5 Å². The minimum Gasteiger partial charge on any atom is -0.496 e. The molecule has 23 heavy (non-hydrogen) atoms. The molecular weight excluding hydrogens is 305 g/mol. The Morgan fingerprint density at radius 2 is 1.57 bits per heavy atom. The van der Waals surface area contributed by atoms with Gasteiger partial charge in [-0.25, -0.2) is 0 Å². The van der Waals surface area contributed by atoms with Gasteiger partial charge in [0, 0.05) is 17.3 Å². The van der Waals surface area contributed by atoms with Crippen molar-refractivity contribution in [3.05, 3.63) is 36.4 Å². The van der Waals surface area contributed by atoms with Gasteiger partial charge in [-0.2, -0.15) is 0 Å². The van der Waals surface area contributed by atoms with E-state index in [2.05, 4.69) is 44.3 Å². The van der Waals surface area contributed by atoms with E-state index >= 15 is 0 Å². The molecule has 0 saturated heterocycles. The summed E-state index contributed by atoms with van der Waals surface area (Å²) in [6.45, 7) is 6.98. The maximum absolute atomic E-state index is 5.63. The molecule has 1 unspecified atom stereocenters. The van der Waals surface area contributed by atoms with Crippen LogP contribution in [0.4, 0.5) is 5.69 Å². The fourth-order valence-electron chi connectivity index (χ4n) is 3.11. The lowest BCUT2D eigenvalue weighted by Gasteiger charge is -2.29. The zero-order valence-electron chi connectivity index (χ0n) is 14.4. The van der Waals surface area contributed by atoms with E-state index in [9.17, 15) is 0 Å². The molecule has 0 amide bonds. The van der Waals surface area contributed by atoms with Gasteiger partial charge in [0.15, 0.2) is 0 Å². The van der Waals surface area contributed by atoms with Gasteiger partial charge in [-0.05, 0) is 36.8 Å². The van der Waals surface area contributed by atoms with Gasteiger partial charge in [-0.3, -0.25) is 0 Å². The van der Waals surface area contributed by atoms with Gasteiger partial charge in [-0.15, -0.1) is 0 Å². The Morgan fingerprint density at radius 1 is 0.957 bits per heavy atom. The van der Waals surface area contributed by atoms with Crippen molar-refractivity contribution in [1.82, 2.24) is 0 Å². The van der Waals surface area contributed by atoms with Crippen molar-refractivity contribution >= 4 is 18.9 Å². The van der Waals surface area contributed by atoms with Gasteiger partial charge in [0.2, 0.25) is 0 Å². The van der Waals surface area contributed by atoms with Crippen LogP contribution >= 0.6 is 7.92 Å². The van der Waals surface area contributed by atoms with E-state index in [0.717, 1.165) is 23.3 Å². The van der Waals surface area contributed by atoms with Crippen LogP contribution in [0.2, 0.25) is 0 Å². The molecule has 1 heterocycles. The molecule has 122 valence electrons. The first-order valence-corrected chi connectivity index (χ1v) is 9.36. The number of methoxy groups -OCH3 is 2.